The van der Waals surface area contributed by atoms with Gasteiger partial charge in [-0.25, -0.2) is 4.99 Å². The molecule has 5 rings (SSSR count). The van der Waals surface area contributed by atoms with Crippen molar-refractivity contribution in [2.45, 2.75) is 18.7 Å². The normalized spacial score (nSPS) is 24.3. The number of esters is 1. The van der Waals surface area contributed by atoms with Crippen LogP contribution in [0, 0.1) is 5.92 Å². The molecule has 2 aliphatic rings. The van der Waals surface area contributed by atoms with Crippen LogP contribution < -0.4 is 19.6 Å². The molecule has 0 unspecified atom stereocenters. The number of rotatable bonds is 2. The maximum atomic E-state index is 13.4. The highest BCUT2D eigenvalue weighted by Gasteiger charge is 2.55. The smallest absolute Gasteiger partial charge is 0.317 e. The van der Waals surface area contributed by atoms with Gasteiger partial charge < -0.3 is 9.47 Å². The van der Waals surface area contributed by atoms with Crippen molar-refractivity contribution in [3.63, 3.8) is 0 Å². The summed E-state index contributed by atoms with van der Waals surface area (Å²) in [6.45, 7) is 1.76. The van der Waals surface area contributed by atoms with E-state index in [1.54, 1.807) is 29.7 Å². The lowest BCUT2D eigenvalue weighted by atomic mass is 9.81. The Kier molecular flexibility index (Phi) is 4.34. The molecule has 3 atom stereocenters. The van der Waals surface area contributed by atoms with Crippen LogP contribution >= 0.6 is 22.9 Å². The Bertz CT molecular complexity index is 1340. The first-order valence-corrected chi connectivity index (χ1v) is 10.5. The van der Waals surface area contributed by atoms with Crippen molar-refractivity contribution in [1.29, 1.82) is 0 Å². The van der Waals surface area contributed by atoms with Crippen molar-refractivity contribution in [3.8, 4) is 5.75 Å². The van der Waals surface area contributed by atoms with Gasteiger partial charge in [-0.1, -0.05) is 53.3 Å². The number of aromatic nitrogens is 1. The van der Waals surface area contributed by atoms with Gasteiger partial charge >= 0.3 is 5.97 Å². The molecule has 0 amide bonds. The van der Waals surface area contributed by atoms with Crippen molar-refractivity contribution >= 4 is 35.0 Å². The van der Waals surface area contributed by atoms with Gasteiger partial charge in [0.05, 0.1) is 17.7 Å². The van der Waals surface area contributed by atoms with Gasteiger partial charge in [-0.3, -0.25) is 14.2 Å². The SMILES string of the molecule is COC(=O)[C@H]1[C@H]2c3ccccc3O[C@@]1(C)N=c1s/c(=C\c3ccc(Cl)cc3)c(=O)n12. The molecule has 3 heterocycles. The standard InChI is InChI=1S/C22H17ClN2O4S/c1-22-17(20(27)28-2)18(14-5-3-4-6-15(14)29-22)25-19(26)16(30-21(25)24-22)11-12-7-9-13(23)10-8-12/h3-11,17-18H,1-2H3/b16-11-/t17-,18-,22-/m1/s1. The zero-order chi connectivity index (χ0) is 21.0. The molecule has 2 aliphatic heterocycles. The van der Waals surface area contributed by atoms with Gasteiger partial charge in [0.25, 0.3) is 5.56 Å². The highest BCUT2D eigenvalue weighted by Crippen LogP contribution is 2.47. The summed E-state index contributed by atoms with van der Waals surface area (Å²) < 4.78 is 13.3. The lowest BCUT2D eigenvalue weighted by molar-refractivity contribution is -0.158. The van der Waals surface area contributed by atoms with Crippen LogP contribution in [0.2, 0.25) is 5.02 Å². The quantitative estimate of drug-likeness (QED) is 0.574. The maximum Gasteiger partial charge on any atom is 0.317 e. The fraction of sp³-hybridized carbons (Fsp3) is 0.227. The van der Waals surface area contributed by atoms with Gasteiger partial charge in [-0.2, -0.15) is 0 Å². The highest BCUT2D eigenvalue weighted by molar-refractivity contribution is 7.07. The number of ether oxygens (including phenoxy) is 2. The molecule has 30 heavy (non-hydrogen) atoms. The topological polar surface area (TPSA) is 69.9 Å². The van der Waals surface area contributed by atoms with Gasteiger partial charge in [0.15, 0.2) is 4.80 Å². The molecule has 0 saturated heterocycles. The van der Waals surface area contributed by atoms with E-state index in [1.165, 1.54) is 18.4 Å². The summed E-state index contributed by atoms with van der Waals surface area (Å²) in [4.78, 5) is 31.4. The van der Waals surface area contributed by atoms with Gasteiger partial charge in [0.1, 0.15) is 11.7 Å². The van der Waals surface area contributed by atoms with E-state index in [0.29, 0.717) is 20.1 Å². The lowest BCUT2D eigenvalue weighted by Gasteiger charge is -2.44. The first kappa shape index (κ1) is 19.1. The average Bonchev–Trinajstić information content (AvgIpc) is 3.02. The molecule has 2 bridgehead atoms. The van der Waals surface area contributed by atoms with E-state index in [1.807, 2.05) is 36.4 Å². The summed E-state index contributed by atoms with van der Waals surface area (Å²) in [6.07, 6.45) is 1.80. The molecule has 1 aromatic heterocycles. The number of methoxy groups -OCH3 is 1. The summed E-state index contributed by atoms with van der Waals surface area (Å²) in [5.41, 5.74) is 0.248. The molecule has 0 N–H and O–H groups in total. The van der Waals surface area contributed by atoms with Gasteiger partial charge in [0.2, 0.25) is 5.72 Å². The van der Waals surface area contributed by atoms with Crippen molar-refractivity contribution < 1.29 is 14.3 Å². The Hall–Kier alpha value is -2.90. The number of thiazole rings is 1. The van der Waals surface area contributed by atoms with Crippen LogP contribution in [0.15, 0.2) is 58.3 Å². The maximum absolute atomic E-state index is 13.4. The van der Waals surface area contributed by atoms with Gasteiger partial charge in [0, 0.05) is 10.6 Å². The number of benzene rings is 2. The zero-order valence-corrected chi connectivity index (χ0v) is 17.7. The van der Waals surface area contributed by atoms with Crippen LogP contribution in [-0.2, 0) is 9.53 Å². The Labute approximate surface area is 180 Å². The molecule has 0 radical (unpaired) electrons. The second kappa shape index (κ2) is 6.82. The molecule has 0 spiro atoms. The molecule has 8 heteroatoms. The summed E-state index contributed by atoms with van der Waals surface area (Å²) >= 11 is 7.24. The van der Waals surface area contributed by atoms with E-state index in [0.717, 1.165) is 11.1 Å². The van der Waals surface area contributed by atoms with E-state index in [2.05, 4.69) is 0 Å². The van der Waals surface area contributed by atoms with E-state index in [-0.39, 0.29) is 5.56 Å². The third-order valence-corrected chi connectivity index (χ3v) is 6.74. The van der Waals surface area contributed by atoms with Crippen LogP contribution in [0.1, 0.15) is 24.1 Å². The van der Waals surface area contributed by atoms with Crippen molar-refractivity contribution in [2.24, 2.45) is 10.9 Å². The highest BCUT2D eigenvalue weighted by atomic mass is 35.5. The molecular weight excluding hydrogens is 424 g/mol. The fourth-order valence-electron chi connectivity index (χ4n) is 4.14. The Morgan fingerprint density at radius 1 is 1.27 bits per heavy atom. The zero-order valence-electron chi connectivity index (χ0n) is 16.2. The number of para-hydroxylation sites is 1. The first-order chi connectivity index (χ1) is 14.4. The third kappa shape index (κ3) is 2.80. The molecule has 0 fully saturated rings. The van der Waals surface area contributed by atoms with Crippen molar-refractivity contribution in [2.75, 3.05) is 7.11 Å². The number of fused-ring (bicyclic) bond motifs is 6. The largest absolute Gasteiger partial charge is 0.469 e. The lowest BCUT2D eigenvalue weighted by Crippen LogP contribution is -2.58. The van der Waals surface area contributed by atoms with Crippen LogP contribution in [0.4, 0.5) is 0 Å². The van der Waals surface area contributed by atoms with Crippen molar-refractivity contribution in [3.05, 3.63) is 84.4 Å². The number of carbonyl (C=O) groups is 1. The third-order valence-electron chi connectivity index (χ3n) is 5.50. The monoisotopic (exact) mass is 440 g/mol. The summed E-state index contributed by atoms with van der Waals surface area (Å²) in [7, 11) is 1.33. The van der Waals surface area contributed by atoms with E-state index < -0.39 is 23.7 Å². The molecule has 6 nitrogen and oxygen atoms in total. The van der Waals surface area contributed by atoms with Crippen molar-refractivity contribution in [1.82, 2.24) is 4.57 Å². The predicted molar refractivity (Wildman–Crippen MR) is 113 cm³/mol. The second-order valence-electron chi connectivity index (χ2n) is 7.37. The Balaban J connectivity index is 1.79. The van der Waals surface area contributed by atoms with E-state index in [9.17, 15) is 9.59 Å². The Morgan fingerprint density at radius 3 is 2.73 bits per heavy atom. The van der Waals surface area contributed by atoms with Gasteiger partial charge in [-0.15, -0.1) is 0 Å². The van der Waals surface area contributed by atoms with Gasteiger partial charge in [-0.05, 0) is 36.8 Å². The second-order valence-corrected chi connectivity index (χ2v) is 8.82. The first-order valence-electron chi connectivity index (χ1n) is 9.35. The van der Waals surface area contributed by atoms with Crippen LogP contribution in [0.3, 0.4) is 0 Å². The van der Waals surface area contributed by atoms with Crippen LogP contribution in [-0.4, -0.2) is 23.4 Å². The predicted octanol–water partition coefficient (Wildman–Crippen LogP) is 2.51. The number of hydrogen-bond donors (Lipinski definition) is 0. The number of carbonyl (C=O) groups excluding carboxylic acids is 1. The number of nitrogens with zero attached hydrogens (tertiary/aromatic N) is 2. The minimum Gasteiger partial charge on any atom is -0.469 e. The average molecular weight is 441 g/mol. The summed E-state index contributed by atoms with van der Waals surface area (Å²) in [6, 6.07) is 14.1. The molecular formula is C22H17ClN2O4S. The van der Waals surface area contributed by atoms with E-state index >= 15 is 0 Å². The van der Waals surface area contributed by atoms with E-state index in [4.69, 9.17) is 26.1 Å². The minimum absolute atomic E-state index is 0.202. The summed E-state index contributed by atoms with van der Waals surface area (Å²) in [5.74, 6) is -0.630. The molecule has 0 aliphatic carbocycles. The molecule has 0 saturated carbocycles. The fourth-order valence-corrected chi connectivity index (χ4v) is 5.37. The molecule has 2 aromatic carbocycles. The van der Waals surface area contributed by atoms with Crippen LogP contribution in [0.25, 0.3) is 6.08 Å². The van der Waals surface area contributed by atoms with Crippen LogP contribution in [0.5, 0.6) is 5.75 Å². The molecule has 3 aromatic rings. The summed E-state index contributed by atoms with van der Waals surface area (Å²) in [5, 5.41) is 0.626. The Morgan fingerprint density at radius 2 is 2.00 bits per heavy atom. The number of hydrogen-bond acceptors (Lipinski definition) is 6. The number of halogens is 1. The molecule has 152 valence electrons. The minimum atomic E-state index is -1.17.